The van der Waals surface area contributed by atoms with Crippen LogP contribution in [0.1, 0.15) is 41.1 Å². The highest BCUT2D eigenvalue weighted by Gasteiger charge is 2.41. The number of carbonyl (C=O) groups is 1. The number of anilines is 1. The zero-order valence-electron chi connectivity index (χ0n) is 19.5. The summed E-state index contributed by atoms with van der Waals surface area (Å²) >= 11 is 7.38. The van der Waals surface area contributed by atoms with Gasteiger partial charge in [-0.05, 0) is 62.0 Å². The molecule has 2 atom stereocenters. The fourth-order valence-corrected chi connectivity index (χ4v) is 5.74. The molecule has 7 nitrogen and oxygen atoms in total. The van der Waals surface area contributed by atoms with Crippen LogP contribution in [0.3, 0.4) is 0 Å². The smallest absolute Gasteiger partial charge is 0.226 e. The van der Waals surface area contributed by atoms with Gasteiger partial charge in [-0.3, -0.25) is 14.3 Å². The van der Waals surface area contributed by atoms with Crippen molar-refractivity contribution in [2.75, 3.05) is 11.9 Å². The second-order valence-corrected chi connectivity index (χ2v) is 9.72. The number of aromatic nitrogens is 3. The maximum absolute atomic E-state index is 12.7. The molecule has 4 heterocycles. The normalized spacial score (nSPS) is 17.4. The SMILES string of the molecule is Cc1cc([C@@H]2[C@@H](c3ccccn3)NC(=S)N2CCC(=O)Nc2ccccc2)c(C)n1-c1nccs1. The molecule has 4 aromatic rings. The molecule has 35 heavy (non-hydrogen) atoms. The minimum Gasteiger partial charge on any atom is -0.352 e. The zero-order chi connectivity index (χ0) is 24.4. The topological polar surface area (TPSA) is 75.1 Å². The molecule has 1 amide bonds. The molecule has 1 fully saturated rings. The first-order chi connectivity index (χ1) is 17.0. The summed E-state index contributed by atoms with van der Waals surface area (Å²) in [5.41, 5.74) is 5.05. The molecule has 178 valence electrons. The Labute approximate surface area is 213 Å². The van der Waals surface area contributed by atoms with Crippen molar-refractivity contribution in [1.82, 2.24) is 24.8 Å². The summed E-state index contributed by atoms with van der Waals surface area (Å²) in [7, 11) is 0. The monoisotopic (exact) mass is 502 g/mol. The molecule has 0 spiro atoms. The van der Waals surface area contributed by atoms with Gasteiger partial charge in [-0.1, -0.05) is 24.3 Å². The van der Waals surface area contributed by atoms with E-state index in [1.54, 1.807) is 17.5 Å². The number of hydrogen-bond donors (Lipinski definition) is 2. The van der Waals surface area contributed by atoms with Crippen LogP contribution in [0.25, 0.3) is 5.13 Å². The number of hydrogen-bond acceptors (Lipinski definition) is 5. The summed E-state index contributed by atoms with van der Waals surface area (Å²) in [5.74, 6) is -0.0488. The van der Waals surface area contributed by atoms with Crippen LogP contribution in [-0.4, -0.2) is 37.0 Å². The second kappa shape index (κ2) is 9.97. The van der Waals surface area contributed by atoms with E-state index in [0.29, 0.717) is 18.1 Å². The van der Waals surface area contributed by atoms with Crippen molar-refractivity contribution in [2.24, 2.45) is 0 Å². The number of carbonyl (C=O) groups excluding carboxylic acids is 1. The number of benzene rings is 1. The van der Waals surface area contributed by atoms with E-state index >= 15 is 0 Å². The van der Waals surface area contributed by atoms with Crippen molar-refractivity contribution in [3.05, 3.63) is 95.0 Å². The number of nitrogens with one attached hydrogen (secondary N) is 2. The van der Waals surface area contributed by atoms with E-state index in [-0.39, 0.29) is 18.0 Å². The first kappa shape index (κ1) is 23.2. The first-order valence-corrected chi connectivity index (χ1v) is 12.7. The van der Waals surface area contributed by atoms with Crippen LogP contribution in [0.5, 0.6) is 0 Å². The number of thiazole rings is 1. The Morgan fingerprint density at radius 2 is 1.91 bits per heavy atom. The number of rotatable bonds is 7. The average molecular weight is 503 g/mol. The van der Waals surface area contributed by atoms with Crippen molar-refractivity contribution in [3.63, 3.8) is 0 Å². The third-order valence-electron chi connectivity index (χ3n) is 6.23. The minimum absolute atomic E-state index is 0.0488. The predicted molar refractivity (Wildman–Crippen MR) is 143 cm³/mol. The van der Waals surface area contributed by atoms with Crippen molar-refractivity contribution >= 4 is 40.3 Å². The van der Waals surface area contributed by atoms with Gasteiger partial charge < -0.3 is 15.5 Å². The number of pyridine rings is 1. The fourth-order valence-electron chi connectivity index (χ4n) is 4.66. The molecule has 0 aliphatic carbocycles. The van der Waals surface area contributed by atoms with Gasteiger partial charge in [0.25, 0.3) is 0 Å². The lowest BCUT2D eigenvalue weighted by Gasteiger charge is -2.28. The van der Waals surface area contributed by atoms with Crippen LogP contribution < -0.4 is 10.6 Å². The largest absolute Gasteiger partial charge is 0.352 e. The molecule has 9 heteroatoms. The Hall–Kier alpha value is -3.56. The van der Waals surface area contributed by atoms with Crippen molar-refractivity contribution in [1.29, 1.82) is 0 Å². The van der Waals surface area contributed by atoms with Gasteiger partial charge in [-0.15, -0.1) is 11.3 Å². The van der Waals surface area contributed by atoms with Gasteiger partial charge in [0.1, 0.15) is 0 Å². The number of amides is 1. The lowest BCUT2D eigenvalue weighted by molar-refractivity contribution is -0.116. The van der Waals surface area contributed by atoms with E-state index in [1.807, 2.05) is 60.1 Å². The Balaban J connectivity index is 1.46. The molecule has 1 aromatic carbocycles. The molecule has 1 aliphatic rings. The fraction of sp³-hybridized carbons (Fsp3) is 0.231. The predicted octanol–water partition coefficient (Wildman–Crippen LogP) is 4.95. The summed E-state index contributed by atoms with van der Waals surface area (Å²) in [6, 6.07) is 17.4. The summed E-state index contributed by atoms with van der Waals surface area (Å²) in [4.78, 5) is 24.0. The maximum Gasteiger partial charge on any atom is 0.226 e. The summed E-state index contributed by atoms with van der Waals surface area (Å²) in [6.07, 6.45) is 3.93. The van der Waals surface area contributed by atoms with Crippen LogP contribution in [0, 0.1) is 13.8 Å². The van der Waals surface area contributed by atoms with Crippen molar-refractivity contribution in [2.45, 2.75) is 32.4 Å². The molecular weight excluding hydrogens is 476 g/mol. The number of para-hydroxylation sites is 1. The van der Waals surface area contributed by atoms with Gasteiger partial charge in [0.05, 0.1) is 17.8 Å². The van der Waals surface area contributed by atoms with Crippen LogP contribution in [0.15, 0.2) is 72.4 Å². The molecule has 1 aliphatic heterocycles. The van der Waals surface area contributed by atoms with Gasteiger partial charge in [0, 0.05) is 47.8 Å². The third-order valence-corrected chi connectivity index (χ3v) is 7.34. The van der Waals surface area contributed by atoms with Gasteiger partial charge >= 0.3 is 0 Å². The zero-order valence-corrected chi connectivity index (χ0v) is 21.1. The van der Waals surface area contributed by atoms with Gasteiger partial charge in [-0.2, -0.15) is 0 Å². The van der Waals surface area contributed by atoms with E-state index in [4.69, 9.17) is 12.2 Å². The van der Waals surface area contributed by atoms with Gasteiger partial charge in [0.2, 0.25) is 5.91 Å². The third kappa shape index (κ3) is 4.69. The second-order valence-electron chi connectivity index (χ2n) is 8.46. The Kier molecular flexibility index (Phi) is 6.61. The van der Waals surface area contributed by atoms with Crippen LogP contribution in [-0.2, 0) is 4.79 Å². The van der Waals surface area contributed by atoms with E-state index < -0.39 is 0 Å². The van der Waals surface area contributed by atoms with Crippen LogP contribution in [0.4, 0.5) is 5.69 Å². The number of aryl methyl sites for hydroxylation is 1. The molecule has 3 aromatic heterocycles. The van der Waals surface area contributed by atoms with Crippen molar-refractivity contribution in [3.8, 4) is 5.13 Å². The Morgan fingerprint density at radius 1 is 1.11 bits per heavy atom. The molecule has 0 unspecified atom stereocenters. The van der Waals surface area contributed by atoms with E-state index in [9.17, 15) is 4.79 Å². The van der Waals surface area contributed by atoms with Crippen LogP contribution >= 0.6 is 23.6 Å². The molecular formula is C26H26N6OS2. The number of nitrogens with zero attached hydrogens (tertiary/aromatic N) is 4. The standard InChI is InChI=1S/C26H26N6OS2/c1-17-16-20(18(2)32(17)26-28-13-15-35-26)24-23(21-10-6-7-12-27-21)30-25(34)31(24)14-11-22(33)29-19-8-4-3-5-9-19/h3-10,12-13,15-16,23-24H,11,14H2,1-2H3,(H,29,33)(H,30,34)/t23-,24-/m1/s1. The highest BCUT2D eigenvalue weighted by molar-refractivity contribution is 7.80. The molecule has 5 rings (SSSR count). The molecule has 0 saturated carbocycles. The number of thiocarbonyl (C=S) groups is 1. The maximum atomic E-state index is 12.7. The van der Waals surface area contributed by atoms with E-state index in [0.717, 1.165) is 33.5 Å². The molecule has 0 bridgehead atoms. The highest BCUT2D eigenvalue weighted by atomic mass is 32.1. The summed E-state index contributed by atoms with van der Waals surface area (Å²) < 4.78 is 2.18. The Morgan fingerprint density at radius 3 is 2.63 bits per heavy atom. The minimum atomic E-state index is -0.133. The highest BCUT2D eigenvalue weighted by Crippen LogP contribution is 2.41. The Bertz CT molecular complexity index is 1320. The summed E-state index contributed by atoms with van der Waals surface area (Å²) in [6.45, 7) is 4.69. The first-order valence-electron chi connectivity index (χ1n) is 11.4. The molecule has 0 radical (unpaired) electrons. The lowest BCUT2D eigenvalue weighted by Crippen LogP contribution is -2.32. The van der Waals surface area contributed by atoms with Gasteiger partial charge in [-0.25, -0.2) is 4.98 Å². The van der Waals surface area contributed by atoms with Gasteiger partial charge in [0.15, 0.2) is 10.2 Å². The average Bonchev–Trinajstić information content (AvgIpc) is 3.57. The quantitative estimate of drug-likeness (QED) is 0.349. The molecule has 1 saturated heterocycles. The lowest BCUT2D eigenvalue weighted by atomic mass is 9.96. The van der Waals surface area contributed by atoms with E-state index in [2.05, 4.69) is 50.0 Å². The van der Waals surface area contributed by atoms with E-state index in [1.165, 1.54) is 0 Å². The van der Waals surface area contributed by atoms with Crippen LogP contribution in [0.2, 0.25) is 0 Å². The van der Waals surface area contributed by atoms with Crippen molar-refractivity contribution < 1.29 is 4.79 Å². The molecule has 2 N–H and O–H groups in total. The summed E-state index contributed by atoms with van der Waals surface area (Å²) in [5, 5.41) is 9.98.